The molecule has 21 heavy (non-hydrogen) atoms. The largest absolute Gasteiger partial charge is 0.350 e. The predicted octanol–water partition coefficient (Wildman–Crippen LogP) is 4.07. The lowest BCUT2D eigenvalue weighted by Gasteiger charge is -2.56. The molecule has 0 N–H and O–H groups in total. The number of hydrogen-bond acceptors (Lipinski definition) is 2. The summed E-state index contributed by atoms with van der Waals surface area (Å²) in [6.45, 7) is 0. The van der Waals surface area contributed by atoms with Gasteiger partial charge in [0.2, 0.25) is 5.79 Å². The summed E-state index contributed by atoms with van der Waals surface area (Å²) in [7, 11) is 3.13. The van der Waals surface area contributed by atoms with Crippen molar-refractivity contribution in [1.82, 2.24) is 0 Å². The Balaban J connectivity index is 2.16. The van der Waals surface area contributed by atoms with Gasteiger partial charge in [0.15, 0.2) is 0 Å². The lowest BCUT2D eigenvalue weighted by atomic mass is 9.60. The van der Waals surface area contributed by atoms with Gasteiger partial charge in [0.25, 0.3) is 0 Å². The molecular weight excluding hydrogens is 354 g/mol. The van der Waals surface area contributed by atoms with Crippen LogP contribution in [0.15, 0.2) is 24.3 Å². The lowest BCUT2D eigenvalue weighted by molar-refractivity contribution is -0.226. The molecule has 6 unspecified atom stereocenters. The van der Waals surface area contributed by atoms with Gasteiger partial charge in [-0.2, -0.15) is 0 Å². The maximum Gasteiger partial charge on any atom is 0.211 e. The Morgan fingerprint density at radius 2 is 1.19 bits per heavy atom. The van der Waals surface area contributed by atoms with Gasteiger partial charge < -0.3 is 9.47 Å². The minimum Gasteiger partial charge on any atom is -0.350 e. The quantitative estimate of drug-likeness (QED) is 0.415. The van der Waals surface area contributed by atoms with Crippen LogP contribution in [0.5, 0.6) is 0 Å². The molecule has 2 bridgehead atoms. The van der Waals surface area contributed by atoms with Crippen molar-refractivity contribution in [2.75, 3.05) is 14.2 Å². The summed E-state index contributed by atoms with van der Waals surface area (Å²) < 4.78 is 11.6. The van der Waals surface area contributed by atoms with Crippen molar-refractivity contribution in [2.24, 2.45) is 11.8 Å². The Labute approximate surface area is 144 Å². The normalized spacial score (nSPS) is 58.8. The van der Waals surface area contributed by atoms with E-state index in [1.807, 2.05) is 12.2 Å². The molecule has 0 aromatic heterocycles. The Morgan fingerprint density at radius 3 is 1.52 bits per heavy atom. The third-order valence-electron chi connectivity index (χ3n) is 6.10. The second-order valence-corrected chi connectivity index (χ2v) is 8.75. The first kappa shape index (κ1) is 15.1. The molecule has 116 valence electrons. The highest BCUT2D eigenvalue weighted by molar-refractivity contribution is 6.50. The number of halogens is 4. The fraction of sp³-hybridized carbons (Fsp3) is 0.733. The number of ether oxygens (including phenoxy) is 2. The molecule has 0 spiro atoms. The van der Waals surface area contributed by atoms with Crippen molar-refractivity contribution < 1.29 is 9.47 Å². The van der Waals surface area contributed by atoms with Gasteiger partial charge >= 0.3 is 0 Å². The molecule has 4 aliphatic carbocycles. The van der Waals surface area contributed by atoms with Gasteiger partial charge in [-0.25, -0.2) is 0 Å². The molecule has 2 saturated carbocycles. The van der Waals surface area contributed by atoms with E-state index in [9.17, 15) is 0 Å². The number of rotatable bonds is 2. The number of fused-ring (bicyclic) bond motifs is 2. The fourth-order valence-corrected chi connectivity index (χ4v) is 8.21. The zero-order chi connectivity index (χ0) is 15.3. The molecule has 0 radical (unpaired) electrons. The van der Waals surface area contributed by atoms with Gasteiger partial charge in [-0.1, -0.05) is 24.3 Å². The average Bonchev–Trinajstić information content (AvgIpc) is 2.70. The smallest absolute Gasteiger partial charge is 0.211 e. The van der Waals surface area contributed by atoms with Crippen LogP contribution >= 0.6 is 46.4 Å². The van der Waals surface area contributed by atoms with Crippen LogP contribution in [-0.4, -0.2) is 39.5 Å². The first-order valence-corrected chi connectivity index (χ1v) is 8.53. The maximum atomic E-state index is 7.17. The maximum absolute atomic E-state index is 7.17. The molecule has 0 heterocycles. The van der Waals surface area contributed by atoms with Gasteiger partial charge in [0, 0.05) is 14.2 Å². The van der Waals surface area contributed by atoms with E-state index in [1.165, 1.54) is 0 Å². The Hall–Kier alpha value is 0.560. The van der Waals surface area contributed by atoms with E-state index in [4.69, 9.17) is 55.9 Å². The molecule has 0 saturated heterocycles. The van der Waals surface area contributed by atoms with Gasteiger partial charge in [-0.05, 0) is 24.7 Å². The summed E-state index contributed by atoms with van der Waals surface area (Å²) in [5, 5.41) is 0. The Bertz CT molecular complexity index is 528. The highest BCUT2D eigenvalue weighted by Crippen LogP contribution is 2.83. The van der Waals surface area contributed by atoms with Gasteiger partial charge in [-0.15, -0.1) is 46.4 Å². The lowest BCUT2D eigenvalue weighted by Crippen LogP contribution is -2.66. The highest BCUT2D eigenvalue weighted by atomic mass is 35.5. The predicted molar refractivity (Wildman–Crippen MR) is 85.6 cm³/mol. The molecule has 2 nitrogen and oxygen atoms in total. The number of alkyl halides is 4. The number of hydrogen-bond donors (Lipinski definition) is 0. The molecule has 4 aliphatic rings. The van der Waals surface area contributed by atoms with E-state index >= 15 is 0 Å². The summed E-state index contributed by atoms with van der Waals surface area (Å²) in [5.41, 5.74) is 0. The van der Waals surface area contributed by atoms with Gasteiger partial charge in [0.05, 0.1) is 0 Å². The van der Waals surface area contributed by atoms with Crippen LogP contribution in [0.2, 0.25) is 0 Å². The SMILES string of the molecule is COC1(OC)C2(Cl)C3CC=CC2(Cl)C2(Cl)C=CCC3C21Cl. The van der Waals surface area contributed by atoms with E-state index in [2.05, 4.69) is 12.2 Å². The zero-order valence-electron chi connectivity index (χ0n) is 11.7. The first-order valence-electron chi connectivity index (χ1n) is 7.02. The Morgan fingerprint density at radius 1 is 0.810 bits per heavy atom. The summed E-state index contributed by atoms with van der Waals surface area (Å²) in [6.07, 6.45) is 9.47. The third kappa shape index (κ3) is 1.06. The van der Waals surface area contributed by atoms with Crippen molar-refractivity contribution in [3.63, 3.8) is 0 Å². The van der Waals surface area contributed by atoms with Crippen molar-refractivity contribution in [2.45, 2.75) is 38.1 Å². The van der Waals surface area contributed by atoms with Crippen LogP contribution in [0, 0.1) is 11.8 Å². The average molecular weight is 370 g/mol. The van der Waals surface area contributed by atoms with Crippen LogP contribution in [0.1, 0.15) is 12.8 Å². The topological polar surface area (TPSA) is 18.5 Å². The van der Waals surface area contributed by atoms with Gasteiger partial charge in [0.1, 0.15) is 19.5 Å². The van der Waals surface area contributed by atoms with E-state index in [0.29, 0.717) is 0 Å². The summed E-state index contributed by atoms with van der Waals surface area (Å²) in [5.74, 6) is -1.14. The second kappa shape index (κ2) is 3.96. The third-order valence-corrected chi connectivity index (χ3v) is 9.49. The molecule has 0 amide bonds. The van der Waals surface area contributed by atoms with Crippen molar-refractivity contribution in [1.29, 1.82) is 0 Å². The Kier molecular flexibility index (Phi) is 2.85. The van der Waals surface area contributed by atoms with Crippen molar-refractivity contribution in [3.05, 3.63) is 24.3 Å². The van der Waals surface area contributed by atoms with Crippen LogP contribution < -0.4 is 0 Å². The molecular formula is C15H16Cl4O2. The zero-order valence-corrected chi connectivity index (χ0v) is 14.7. The molecule has 2 fully saturated rings. The van der Waals surface area contributed by atoms with Crippen LogP contribution in [-0.2, 0) is 9.47 Å². The fourth-order valence-electron chi connectivity index (χ4n) is 5.43. The molecule has 6 atom stereocenters. The minimum atomic E-state index is -1.24. The monoisotopic (exact) mass is 368 g/mol. The number of allylic oxidation sites excluding steroid dienone is 4. The molecule has 0 aromatic rings. The van der Waals surface area contributed by atoms with E-state index < -0.39 is 25.3 Å². The van der Waals surface area contributed by atoms with Crippen molar-refractivity contribution in [3.8, 4) is 0 Å². The summed E-state index contributed by atoms with van der Waals surface area (Å²) in [4.78, 5) is -4.15. The van der Waals surface area contributed by atoms with Crippen LogP contribution in [0.4, 0.5) is 0 Å². The molecule has 0 aromatic carbocycles. The summed E-state index contributed by atoms with van der Waals surface area (Å²) in [6, 6.07) is 0. The summed E-state index contributed by atoms with van der Waals surface area (Å²) >= 11 is 28.4. The molecule has 4 rings (SSSR count). The van der Waals surface area contributed by atoms with Crippen LogP contribution in [0.3, 0.4) is 0 Å². The van der Waals surface area contributed by atoms with E-state index in [0.717, 1.165) is 12.8 Å². The van der Waals surface area contributed by atoms with E-state index in [-0.39, 0.29) is 11.8 Å². The first-order chi connectivity index (χ1) is 9.81. The van der Waals surface area contributed by atoms with Crippen LogP contribution in [0.25, 0.3) is 0 Å². The molecule has 6 heteroatoms. The number of methoxy groups -OCH3 is 2. The standard InChI is InChI=1S/C15H16Cl4O2/c1-20-15(21-2)13(18)9-5-3-7-11(13,16)12(17)8-4-6-10(9)14(12,15)19/h3-4,7-10H,5-6H2,1-2H3. The highest BCUT2D eigenvalue weighted by Gasteiger charge is 2.96. The van der Waals surface area contributed by atoms with Crippen molar-refractivity contribution >= 4 is 46.4 Å². The second-order valence-electron chi connectivity index (χ2n) is 6.36. The minimum absolute atomic E-state index is 0.0518. The molecule has 0 aliphatic heterocycles. The van der Waals surface area contributed by atoms with E-state index in [1.54, 1.807) is 14.2 Å². The van der Waals surface area contributed by atoms with Gasteiger partial charge in [-0.3, -0.25) is 0 Å².